The molecule has 1 saturated carbocycles. The molecule has 160 valence electrons. The van der Waals surface area contributed by atoms with Crippen molar-refractivity contribution in [3.63, 3.8) is 0 Å². The van der Waals surface area contributed by atoms with E-state index in [4.69, 9.17) is 4.98 Å². The average molecular weight is 432 g/mol. The normalized spacial score (nSPS) is 24.5. The third kappa shape index (κ3) is 4.47. The first-order valence-electron chi connectivity index (χ1n) is 11.4. The van der Waals surface area contributed by atoms with Crippen LogP contribution in [0, 0.1) is 5.92 Å². The number of benzene rings is 2. The number of fused-ring (bicyclic) bond motifs is 1. The number of para-hydroxylation sites is 2. The molecule has 2 unspecified atom stereocenters. The molecule has 4 nitrogen and oxygen atoms in total. The highest BCUT2D eigenvalue weighted by atomic mass is 32.2. The minimum absolute atomic E-state index is 0.0784. The van der Waals surface area contributed by atoms with Crippen molar-refractivity contribution in [2.24, 2.45) is 5.92 Å². The molecule has 2 fully saturated rings. The van der Waals surface area contributed by atoms with Crippen LogP contribution < -0.4 is 0 Å². The van der Waals surface area contributed by atoms with E-state index in [1.54, 1.807) is 0 Å². The van der Waals surface area contributed by atoms with Gasteiger partial charge in [-0.25, -0.2) is 4.98 Å². The molecule has 1 aliphatic carbocycles. The average Bonchev–Trinajstić information content (AvgIpc) is 2.95. The van der Waals surface area contributed by atoms with E-state index in [1.165, 1.54) is 24.8 Å². The Labute approximate surface area is 188 Å². The van der Waals surface area contributed by atoms with Gasteiger partial charge in [-0.1, -0.05) is 55.3 Å². The third-order valence-corrected chi connectivity index (χ3v) is 8.52. The monoisotopic (exact) mass is 431 g/mol. The molecule has 2 heterocycles. The maximum absolute atomic E-state index is 13.4. The molecule has 2 atom stereocenters. The van der Waals surface area contributed by atoms with E-state index < -0.39 is 0 Å². The van der Waals surface area contributed by atoms with Crippen molar-refractivity contribution in [2.75, 3.05) is 12.3 Å². The Morgan fingerprint density at radius 2 is 1.84 bits per heavy atom. The number of aromatic nitrogens is 2. The maximum Gasteiger partial charge on any atom is 0.224 e. The standard InChI is InChI=1S/C26H29N3OS/c30-25-17-26(13-7-6-10-21(26)16-20-8-2-1-3-9-20)31-15-14-29(25)19-22-18-27-23-11-4-5-12-24(23)28-22/h1-5,8-9,11-12,18,21H,6-7,10,13-17,19H2. The maximum atomic E-state index is 13.4. The molecule has 2 aliphatic rings. The van der Waals surface area contributed by atoms with Crippen molar-refractivity contribution in [3.05, 3.63) is 72.1 Å². The van der Waals surface area contributed by atoms with Gasteiger partial charge in [-0.15, -0.1) is 0 Å². The molecule has 0 N–H and O–H groups in total. The second-order valence-corrected chi connectivity index (χ2v) is 10.4. The zero-order valence-corrected chi connectivity index (χ0v) is 18.7. The molecule has 2 aromatic carbocycles. The van der Waals surface area contributed by atoms with Crippen molar-refractivity contribution < 1.29 is 4.79 Å². The van der Waals surface area contributed by atoms with Gasteiger partial charge in [0.2, 0.25) is 5.91 Å². The van der Waals surface area contributed by atoms with Crippen molar-refractivity contribution >= 4 is 28.7 Å². The smallest absolute Gasteiger partial charge is 0.224 e. The Hall–Kier alpha value is -2.40. The number of rotatable bonds is 4. The molecule has 31 heavy (non-hydrogen) atoms. The fourth-order valence-corrected chi connectivity index (χ4v) is 6.90. The molecule has 1 aromatic heterocycles. The van der Waals surface area contributed by atoms with E-state index in [0.29, 0.717) is 18.9 Å². The lowest BCUT2D eigenvalue weighted by Gasteiger charge is -2.43. The molecule has 0 radical (unpaired) electrons. The zero-order chi connectivity index (χ0) is 21.1. The molecule has 5 heteroatoms. The molecule has 1 aliphatic heterocycles. The fourth-order valence-electron chi connectivity index (χ4n) is 5.23. The quantitative estimate of drug-likeness (QED) is 0.565. The zero-order valence-electron chi connectivity index (χ0n) is 17.9. The Morgan fingerprint density at radius 1 is 1.03 bits per heavy atom. The van der Waals surface area contributed by atoms with Crippen LogP contribution in [-0.4, -0.2) is 37.8 Å². The van der Waals surface area contributed by atoms with Crippen LogP contribution in [0.2, 0.25) is 0 Å². The number of nitrogens with zero attached hydrogens (tertiary/aromatic N) is 3. The van der Waals surface area contributed by atoms with Gasteiger partial charge in [0.25, 0.3) is 0 Å². The molecule has 1 saturated heterocycles. The molecular formula is C26H29N3OS. The summed E-state index contributed by atoms with van der Waals surface area (Å²) < 4.78 is 0.0784. The van der Waals surface area contributed by atoms with E-state index >= 15 is 0 Å². The van der Waals surface area contributed by atoms with Gasteiger partial charge >= 0.3 is 0 Å². The number of amides is 1. The summed E-state index contributed by atoms with van der Waals surface area (Å²) >= 11 is 2.06. The van der Waals surface area contributed by atoms with Crippen molar-refractivity contribution in [3.8, 4) is 0 Å². The highest BCUT2D eigenvalue weighted by Gasteiger charge is 2.44. The van der Waals surface area contributed by atoms with E-state index in [0.717, 1.165) is 41.9 Å². The first kappa shape index (κ1) is 20.5. The lowest BCUT2D eigenvalue weighted by atomic mass is 9.73. The Bertz CT molecular complexity index is 1060. The summed E-state index contributed by atoms with van der Waals surface area (Å²) in [6, 6.07) is 18.7. The molecule has 0 bridgehead atoms. The molecular weight excluding hydrogens is 402 g/mol. The van der Waals surface area contributed by atoms with Crippen LogP contribution >= 0.6 is 11.8 Å². The predicted molar refractivity (Wildman–Crippen MR) is 127 cm³/mol. The Morgan fingerprint density at radius 3 is 2.71 bits per heavy atom. The molecule has 5 rings (SSSR count). The summed E-state index contributed by atoms with van der Waals surface area (Å²) in [5.41, 5.74) is 4.06. The minimum Gasteiger partial charge on any atom is -0.336 e. The second-order valence-electron chi connectivity index (χ2n) is 8.89. The predicted octanol–water partition coefficient (Wildman–Crippen LogP) is 5.27. The van der Waals surface area contributed by atoms with Gasteiger partial charge in [0.1, 0.15) is 0 Å². The summed E-state index contributed by atoms with van der Waals surface area (Å²) in [4.78, 5) is 24.7. The van der Waals surface area contributed by atoms with Gasteiger partial charge < -0.3 is 4.90 Å². The SMILES string of the molecule is O=C1CC2(CCCCC2Cc2ccccc2)SCCN1Cc1cnc2ccccc2n1. The first-order valence-corrected chi connectivity index (χ1v) is 12.4. The fraction of sp³-hybridized carbons (Fsp3) is 0.423. The van der Waals surface area contributed by atoms with Gasteiger partial charge in [0.15, 0.2) is 0 Å². The minimum atomic E-state index is 0.0784. The number of carbonyl (C=O) groups is 1. The number of carbonyl (C=O) groups excluding carboxylic acids is 1. The number of thioether (sulfide) groups is 1. The lowest BCUT2D eigenvalue weighted by molar-refractivity contribution is -0.132. The van der Waals surface area contributed by atoms with Gasteiger partial charge in [-0.3, -0.25) is 9.78 Å². The largest absolute Gasteiger partial charge is 0.336 e. The van der Waals surface area contributed by atoms with Crippen LogP contribution in [0.4, 0.5) is 0 Å². The van der Waals surface area contributed by atoms with Crippen LogP contribution in [0.1, 0.15) is 43.4 Å². The molecule has 1 amide bonds. The van der Waals surface area contributed by atoms with Crippen molar-refractivity contribution in [1.82, 2.24) is 14.9 Å². The number of hydrogen-bond donors (Lipinski definition) is 0. The van der Waals surface area contributed by atoms with Crippen LogP contribution in [0.25, 0.3) is 11.0 Å². The van der Waals surface area contributed by atoms with Gasteiger partial charge in [0.05, 0.1) is 29.5 Å². The summed E-state index contributed by atoms with van der Waals surface area (Å²) in [5.74, 6) is 1.84. The summed E-state index contributed by atoms with van der Waals surface area (Å²) in [6.45, 7) is 1.34. The highest BCUT2D eigenvalue weighted by molar-refractivity contribution is 8.00. The van der Waals surface area contributed by atoms with Crippen LogP contribution in [-0.2, 0) is 17.8 Å². The third-order valence-electron chi connectivity index (χ3n) is 6.88. The lowest BCUT2D eigenvalue weighted by Crippen LogP contribution is -2.42. The summed E-state index contributed by atoms with van der Waals surface area (Å²) in [7, 11) is 0. The Balaban J connectivity index is 1.33. The van der Waals surface area contributed by atoms with Crippen LogP contribution in [0.15, 0.2) is 60.8 Å². The van der Waals surface area contributed by atoms with Gasteiger partial charge in [0, 0.05) is 23.5 Å². The van der Waals surface area contributed by atoms with Crippen LogP contribution in [0.3, 0.4) is 0 Å². The molecule has 1 spiro atoms. The van der Waals surface area contributed by atoms with E-state index in [9.17, 15) is 4.79 Å². The first-order chi connectivity index (χ1) is 15.2. The van der Waals surface area contributed by atoms with E-state index in [1.807, 2.05) is 35.4 Å². The topological polar surface area (TPSA) is 46.1 Å². The summed E-state index contributed by atoms with van der Waals surface area (Å²) in [6.07, 6.45) is 8.46. The van der Waals surface area contributed by atoms with Crippen LogP contribution in [0.5, 0.6) is 0 Å². The second kappa shape index (κ2) is 8.99. The highest BCUT2D eigenvalue weighted by Crippen LogP contribution is 2.49. The summed E-state index contributed by atoms with van der Waals surface area (Å²) in [5, 5.41) is 0. The molecule has 3 aromatic rings. The number of hydrogen-bond acceptors (Lipinski definition) is 4. The Kier molecular flexibility index (Phi) is 5.95. The van der Waals surface area contributed by atoms with Gasteiger partial charge in [-0.2, -0.15) is 11.8 Å². The van der Waals surface area contributed by atoms with E-state index in [2.05, 4.69) is 47.1 Å². The van der Waals surface area contributed by atoms with Crippen molar-refractivity contribution in [1.29, 1.82) is 0 Å². The van der Waals surface area contributed by atoms with Crippen molar-refractivity contribution in [2.45, 2.75) is 49.8 Å². The van der Waals surface area contributed by atoms with Gasteiger partial charge in [-0.05, 0) is 42.9 Å². The van der Waals surface area contributed by atoms with E-state index in [-0.39, 0.29) is 10.7 Å².